The minimum atomic E-state index is -1.30. The highest BCUT2D eigenvalue weighted by molar-refractivity contribution is 4.94. The van der Waals surface area contributed by atoms with Gasteiger partial charge in [0.2, 0.25) is 0 Å². The van der Waals surface area contributed by atoms with Crippen molar-refractivity contribution < 1.29 is 17.6 Å². The van der Waals surface area contributed by atoms with Gasteiger partial charge in [-0.25, -0.2) is 17.6 Å². The monoisotopic (exact) mass is 472 g/mol. The summed E-state index contributed by atoms with van der Waals surface area (Å²) in [5.74, 6) is 1.61. The Kier molecular flexibility index (Phi) is 9.10. The third-order valence-electron chi connectivity index (χ3n) is 10.8. The summed E-state index contributed by atoms with van der Waals surface area (Å²) >= 11 is 0. The Morgan fingerprint density at radius 3 is 1.61 bits per heavy atom. The summed E-state index contributed by atoms with van der Waals surface area (Å²) in [5, 5.41) is 0. The number of alkyl halides is 4. The van der Waals surface area contributed by atoms with Gasteiger partial charge in [0.15, 0.2) is 0 Å². The zero-order chi connectivity index (χ0) is 23.5. The summed E-state index contributed by atoms with van der Waals surface area (Å²) in [6, 6.07) is 0. The lowest BCUT2D eigenvalue weighted by atomic mass is 9.65. The largest absolute Gasteiger partial charge is 0.244 e. The fraction of sp³-hybridized carbons (Fsp3) is 1.00. The molecule has 0 aromatic rings. The third-order valence-corrected chi connectivity index (χ3v) is 10.8. The van der Waals surface area contributed by atoms with Crippen LogP contribution in [0.15, 0.2) is 0 Å². The molecule has 0 nitrogen and oxygen atoms in total. The smallest absolute Gasteiger partial charge is 0.134 e. The summed E-state index contributed by atoms with van der Waals surface area (Å²) < 4.78 is 59.0. The maximum absolute atomic E-state index is 15.1. The highest BCUT2D eigenvalue weighted by Gasteiger charge is 2.45. The second-order valence-electron chi connectivity index (χ2n) is 12.5. The van der Waals surface area contributed by atoms with E-state index in [2.05, 4.69) is 6.92 Å². The Labute approximate surface area is 200 Å². The number of halogens is 4. The normalized spacial score (nSPS) is 49.6. The molecule has 4 heteroatoms. The molecule has 0 N–H and O–H groups in total. The topological polar surface area (TPSA) is 0 Å². The first-order valence-electron chi connectivity index (χ1n) is 14.4. The van der Waals surface area contributed by atoms with Crippen molar-refractivity contribution in [2.75, 3.05) is 0 Å². The van der Waals surface area contributed by atoms with Crippen molar-refractivity contribution in [3.63, 3.8) is 0 Å². The lowest BCUT2D eigenvalue weighted by Gasteiger charge is -2.42. The summed E-state index contributed by atoms with van der Waals surface area (Å²) in [7, 11) is 0. The molecule has 4 aliphatic rings. The van der Waals surface area contributed by atoms with Crippen molar-refractivity contribution in [1.82, 2.24) is 0 Å². The molecule has 0 heterocycles. The predicted molar refractivity (Wildman–Crippen MR) is 128 cm³/mol. The number of rotatable bonds is 6. The lowest BCUT2D eigenvalue weighted by Crippen LogP contribution is -2.42. The van der Waals surface area contributed by atoms with Crippen LogP contribution in [-0.2, 0) is 0 Å². The van der Waals surface area contributed by atoms with Crippen LogP contribution in [0.3, 0.4) is 0 Å². The highest BCUT2D eigenvalue weighted by atomic mass is 19.2. The summed E-state index contributed by atoms with van der Waals surface area (Å²) in [4.78, 5) is 0. The van der Waals surface area contributed by atoms with Crippen LogP contribution in [0.5, 0.6) is 0 Å². The van der Waals surface area contributed by atoms with E-state index in [1.54, 1.807) is 0 Å². The van der Waals surface area contributed by atoms with E-state index in [0.29, 0.717) is 17.8 Å². The molecule has 0 spiro atoms. The average Bonchev–Trinajstić information content (AvgIpc) is 2.84. The molecule has 0 amide bonds. The van der Waals surface area contributed by atoms with Crippen LogP contribution in [0.4, 0.5) is 17.6 Å². The van der Waals surface area contributed by atoms with Gasteiger partial charge in [0.1, 0.15) is 24.7 Å². The molecule has 0 aromatic carbocycles. The molecule has 0 radical (unpaired) electrons. The molecule has 4 fully saturated rings. The van der Waals surface area contributed by atoms with Crippen LogP contribution < -0.4 is 0 Å². The van der Waals surface area contributed by atoms with Gasteiger partial charge in [-0.1, -0.05) is 52.4 Å². The fourth-order valence-electron chi connectivity index (χ4n) is 8.22. The van der Waals surface area contributed by atoms with E-state index in [9.17, 15) is 8.78 Å². The third kappa shape index (κ3) is 5.93. The standard InChI is InChI=1S/C29H48F4/c1-3-19-5-10-21(11-6-19)25-17-15-23(27(31)29(25)33)14-9-20-7-12-22(13-8-20)24-16-4-18(2)26(30)28(24)32/h18-29H,3-17H2,1-2H3. The van der Waals surface area contributed by atoms with E-state index < -0.39 is 24.7 Å². The van der Waals surface area contributed by atoms with Gasteiger partial charge in [0.05, 0.1) is 0 Å². The first-order valence-corrected chi connectivity index (χ1v) is 14.4. The average molecular weight is 473 g/mol. The first-order chi connectivity index (χ1) is 15.9. The Balaban J connectivity index is 1.18. The molecule has 4 rings (SSSR count). The second kappa shape index (κ2) is 11.6. The van der Waals surface area contributed by atoms with Gasteiger partial charge in [-0.2, -0.15) is 0 Å². The maximum Gasteiger partial charge on any atom is 0.134 e. The molecule has 0 aromatic heterocycles. The SMILES string of the molecule is CCC1CCC(C2CCC(CCC3CCC(C4CCC(C)C(F)C4F)CC3)C(F)C2F)CC1. The summed E-state index contributed by atoms with van der Waals surface area (Å²) in [5.41, 5.74) is 0. The van der Waals surface area contributed by atoms with E-state index in [0.717, 1.165) is 83.0 Å². The van der Waals surface area contributed by atoms with Crippen LogP contribution in [0.25, 0.3) is 0 Å². The van der Waals surface area contributed by atoms with Gasteiger partial charge in [-0.3, -0.25) is 0 Å². The molecule has 4 aliphatic carbocycles. The van der Waals surface area contributed by atoms with Crippen molar-refractivity contribution in [2.45, 2.75) is 135 Å². The quantitative estimate of drug-likeness (QED) is 0.338. The molecule has 0 saturated heterocycles. The first kappa shape index (κ1) is 25.8. The minimum Gasteiger partial charge on any atom is -0.244 e. The van der Waals surface area contributed by atoms with Crippen molar-refractivity contribution in [3.05, 3.63) is 0 Å². The van der Waals surface area contributed by atoms with Crippen LogP contribution in [-0.4, -0.2) is 24.7 Å². The van der Waals surface area contributed by atoms with Crippen molar-refractivity contribution >= 4 is 0 Å². The van der Waals surface area contributed by atoms with Crippen LogP contribution in [0, 0.1) is 47.3 Å². The molecule has 192 valence electrons. The predicted octanol–water partition coefficient (Wildman–Crippen LogP) is 9.21. The van der Waals surface area contributed by atoms with Crippen molar-refractivity contribution in [1.29, 1.82) is 0 Å². The zero-order valence-corrected chi connectivity index (χ0v) is 21.0. The Morgan fingerprint density at radius 1 is 0.515 bits per heavy atom. The summed E-state index contributed by atoms with van der Waals surface area (Å²) in [6.07, 6.45) is 9.80. The van der Waals surface area contributed by atoms with Crippen molar-refractivity contribution in [3.8, 4) is 0 Å². The lowest BCUT2D eigenvalue weighted by molar-refractivity contribution is -0.0183. The Bertz CT molecular complexity index is 580. The molecule has 33 heavy (non-hydrogen) atoms. The maximum atomic E-state index is 15.1. The molecule has 4 saturated carbocycles. The van der Waals surface area contributed by atoms with Gasteiger partial charge in [0, 0.05) is 0 Å². The molecule has 8 unspecified atom stereocenters. The van der Waals surface area contributed by atoms with Crippen molar-refractivity contribution in [2.24, 2.45) is 47.3 Å². The summed E-state index contributed by atoms with van der Waals surface area (Å²) in [6.45, 7) is 4.07. The number of hydrogen-bond donors (Lipinski definition) is 0. The van der Waals surface area contributed by atoms with E-state index in [-0.39, 0.29) is 23.7 Å². The van der Waals surface area contributed by atoms with Crippen LogP contribution >= 0.6 is 0 Å². The van der Waals surface area contributed by atoms with E-state index >= 15 is 8.78 Å². The van der Waals surface area contributed by atoms with Crippen LogP contribution in [0.1, 0.15) is 110 Å². The van der Waals surface area contributed by atoms with Gasteiger partial charge >= 0.3 is 0 Å². The van der Waals surface area contributed by atoms with E-state index in [4.69, 9.17) is 0 Å². The zero-order valence-electron chi connectivity index (χ0n) is 21.0. The minimum absolute atomic E-state index is 0.0596. The molecule has 0 bridgehead atoms. The molecular weight excluding hydrogens is 424 g/mol. The van der Waals surface area contributed by atoms with E-state index in [1.165, 1.54) is 19.3 Å². The van der Waals surface area contributed by atoms with E-state index in [1.807, 2.05) is 6.92 Å². The molecule has 0 aliphatic heterocycles. The van der Waals surface area contributed by atoms with Gasteiger partial charge in [-0.05, 0) is 105 Å². The fourth-order valence-corrected chi connectivity index (χ4v) is 8.22. The molecule has 8 atom stereocenters. The van der Waals surface area contributed by atoms with Crippen LogP contribution in [0.2, 0.25) is 0 Å². The Hall–Kier alpha value is -0.280. The Morgan fingerprint density at radius 2 is 1.03 bits per heavy atom. The van der Waals surface area contributed by atoms with Gasteiger partial charge in [-0.15, -0.1) is 0 Å². The van der Waals surface area contributed by atoms with Gasteiger partial charge in [0.25, 0.3) is 0 Å². The van der Waals surface area contributed by atoms with Gasteiger partial charge < -0.3 is 0 Å². The number of hydrogen-bond acceptors (Lipinski definition) is 0. The molecular formula is C29H48F4. The second-order valence-corrected chi connectivity index (χ2v) is 12.5. The highest BCUT2D eigenvalue weighted by Crippen LogP contribution is 2.47.